The van der Waals surface area contributed by atoms with Crippen molar-refractivity contribution in [2.24, 2.45) is 5.92 Å². The van der Waals surface area contributed by atoms with Crippen LogP contribution in [0.25, 0.3) is 0 Å². The molecule has 0 bridgehead atoms. The fourth-order valence-corrected chi connectivity index (χ4v) is 2.86. The predicted octanol–water partition coefficient (Wildman–Crippen LogP) is 3.27. The van der Waals surface area contributed by atoms with Crippen molar-refractivity contribution in [1.29, 1.82) is 5.26 Å². The fraction of sp³-hybridized carbons (Fsp3) is 0.368. The first-order chi connectivity index (χ1) is 12.0. The molecule has 1 amide bonds. The van der Waals surface area contributed by atoms with Gasteiger partial charge in [0.15, 0.2) is 0 Å². The molecule has 128 valence electrons. The second-order valence-corrected chi connectivity index (χ2v) is 6.51. The third-order valence-corrected chi connectivity index (χ3v) is 4.41. The highest BCUT2D eigenvalue weighted by Crippen LogP contribution is 2.19. The molecule has 6 heteroatoms. The monoisotopic (exact) mass is 335 g/mol. The number of rotatable bonds is 3. The number of aryl methyl sites for hydroxylation is 1. The standard InChI is InChI=1S/C19H21N5O/c1-13-7-9-24(10-8-13)18(25)17-11-14(2)21-19(23-17)22-16-5-3-15(12-20)4-6-16/h3-6,11,13H,7-10H2,1-2H3,(H,21,22,23). The Balaban J connectivity index is 1.77. The summed E-state index contributed by atoms with van der Waals surface area (Å²) in [6.45, 7) is 5.62. The zero-order valence-electron chi connectivity index (χ0n) is 14.5. The Bertz CT molecular complexity index is 802. The van der Waals surface area contributed by atoms with Crippen LogP contribution >= 0.6 is 0 Å². The number of anilines is 2. The van der Waals surface area contributed by atoms with Crippen molar-refractivity contribution < 1.29 is 4.79 Å². The van der Waals surface area contributed by atoms with E-state index >= 15 is 0 Å². The summed E-state index contributed by atoms with van der Waals surface area (Å²) in [7, 11) is 0. The van der Waals surface area contributed by atoms with Crippen molar-refractivity contribution in [3.63, 3.8) is 0 Å². The van der Waals surface area contributed by atoms with Gasteiger partial charge in [0.05, 0.1) is 11.6 Å². The normalized spacial score (nSPS) is 14.8. The summed E-state index contributed by atoms with van der Waals surface area (Å²) in [6, 6.07) is 10.8. The molecule has 1 saturated heterocycles. The number of benzene rings is 1. The first-order valence-electron chi connectivity index (χ1n) is 8.47. The highest BCUT2D eigenvalue weighted by Gasteiger charge is 2.23. The minimum atomic E-state index is -0.0414. The quantitative estimate of drug-likeness (QED) is 0.931. The summed E-state index contributed by atoms with van der Waals surface area (Å²) in [4.78, 5) is 23.3. The van der Waals surface area contributed by atoms with Gasteiger partial charge in [0.1, 0.15) is 5.69 Å². The molecule has 0 radical (unpaired) electrons. The number of aromatic nitrogens is 2. The van der Waals surface area contributed by atoms with E-state index in [1.165, 1.54) is 0 Å². The van der Waals surface area contributed by atoms with Crippen LogP contribution in [0.15, 0.2) is 30.3 Å². The van der Waals surface area contributed by atoms with Crippen LogP contribution in [0.3, 0.4) is 0 Å². The minimum Gasteiger partial charge on any atom is -0.337 e. The van der Waals surface area contributed by atoms with E-state index in [1.54, 1.807) is 30.3 Å². The molecular weight excluding hydrogens is 314 g/mol. The predicted molar refractivity (Wildman–Crippen MR) is 95.5 cm³/mol. The Labute approximate surface area is 147 Å². The van der Waals surface area contributed by atoms with Crippen LogP contribution in [-0.2, 0) is 0 Å². The van der Waals surface area contributed by atoms with Gasteiger partial charge >= 0.3 is 0 Å². The molecular formula is C19H21N5O. The second-order valence-electron chi connectivity index (χ2n) is 6.51. The largest absolute Gasteiger partial charge is 0.337 e. The fourth-order valence-electron chi connectivity index (χ4n) is 2.86. The van der Waals surface area contributed by atoms with Crippen LogP contribution in [0, 0.1) is 24.2 Å². The molecule has 1 aromatic heterocycles. The number of amides is 1. The van der Waals surface area contributed by atoms with Gasteiger partial charge in [-0.1, -0.05) is 6.92 Å². The average molecular weight is 335 g/mol. The van der Waals surface area contributed by atoms with Gasteiger partial charge in [0.25, 0.3) is 5.91 Å². The Kier molecular flexibility index (Phi) is 4.94. The Morgan fingerprint density at radius 1 is 1.24 bits per heavy atom. The van der Waals surface area contributed by atoms with E-state index in [-0.39, 0.29) is 5.91 Å². The van der Waals surface area contributed by atoms with Crippen molar-refractivity contribution in [3.8, 4) is 6.07 Å². The molecule has 1 N–H and O–H groups in total. The van der Waals surface area contributed by atoms with Crippen molar-refractivity contribution in [3.05, 3.63) is 47.3 Å². The SMILES string of the molecule is Cc1cc(C(=O)N2CCC(C)CC2)nc(Nc2ccc(C#N)cc2)n1. The first-order valence-corrected chi connectivity index (χ1v) is 8.47. The third-order valence-electron chi connectivity index (χ3n) is 4.41. The van der Waals surface area contributed by atoms with Crippen molar-refractivity contribution in [2.75, 3.05) is 18.4 Å². The summed E-state index contributed by atoms with van der Waals surface area (Å²) < 4.78 is 0. The van der Waals surface area contributed by atoms with Crippen LogP contribution in [0.1, 0.15) is 41.5 Å². The average Bonchev–Trinajstić information content (AvgIpc) is 2.62. The molecule has 1 aliphatic rings. The van der Waals surface area contributed by atoms with Gasteiger partial charge in [0, 0.05) is 24.5 Å². The molecule has 3 rings (SSSR count). The van der Waals surface area contributed by atoms with Crippen LogP contribution in [0.5, 0.6) is 0 Å². The molecule has 0 spiro atoms. The van der Waals surface area contributed by atoms with Crippen molar-refractivity contribution >= 4 is 17.5 Å². The zero-order valence-corrected chi connectivity index (χ0v) is 14.5. The second kappa shape index (κ2) is 7.31. The van der Waals surface area contributed by atoms with Crippen LogP contribution in [-0.4, -0.2) is 33.9 Å². The lowest BCUT2D eigenvalue weighted by Crippen LogP contribution is -2.38. The van der Waals surface area contributed by atoms with Gasteiger partial charge in [0.2, 0.25) is 5.95 Å². The van der Waals surface area contributed by atoms with Gasteiger partial charge in [-0.2, -0.15) is 5.26 Å². The molecule has 1 aromatic carbocycles. The van der Waals surface area contributed by atoms with E-state index in [2.05, 4.69) is 28.3 Å². The number of piperidine rings is 1. The Hall–Kier alpha value is -2.94. The van der Waals surface area contributed by atoms with Gasteiger partial charge in [-0.3, -0.25) is 4.79 Å². The molecule has 2 heterocycles. The number of nitrogens with one attached hydrogen (secondary N) is 1. The summed E-state index contributed by atoms with van der Waals surface area (Å²) in [5.41, 5.74) is 2.51. The van der Waals surface area contributed by atoms with E-state index in [0.717, 1.165) is 37.3 Å². The van der Waals surface area contributed by atoms with Crippen molar-refractivity contribution in [1.82, 2.24) is 14.9 Å². The van der Waals surface area contributed by atoms with Gasteiger partial charge in [-0.05, 0) is 56.0 Å². The van der Waals surface area contributed by atoms with Crippen molar-refractivity contribution in [2.45, 2.75) is 26.7 Å². The zero-order chi connectivity index (χ0) is 17.8. The number of nitrogens with zero attached hydrogens (tertiary/aromatic N) is 4. The number of hydrogen-bond donors (Lipinski definition) is 1. The maximum absolute atomic E-state index is 12.7. The first kappa shape index (κ1) is 16.9. The molecule has 2 aromatic rings. The maximum atomic E-state index is 12.7. The van der Waals surface area contributed by atoms with Gasteiger partial charge in [-0.15, -0.1) is 0 Å². The van der Waals surface area contributed by atoms with E-state index in [0.29, 0.717) is 23.1 Å². The number of carbonyl (C=O) groups excluding carboxylic acids is 1. The third kappa shape index (κ3) is 4.13. The summed E-state index contributed by atoms with van der Waals surface area (Å²) in [6.07, 6.45) is 2.07. The number of hydrogen-bond acceptors (Lipinski definition) is 5. The molecule has 25 heavy (non-hydrogen) atoms. The highest BCUT2D eigenvalue weighted by molar-refractivity contribution is 5.92. The molecule has 1 aliphatic heterocycles. The Morgan fingerprint density at radius 2 is 1.92 bits per heavy atom. The molecule has 0 saturated carbocycles. The maximum Gasteiger partial charge on any atom is 0.272 e. The van der Waals surface area contributed by atoms with Crippen LogP contribution < -0.4 is 5.32 Å². The lowest BCUT2D eigenvalue weighted by molar-refractivity contribution is 0.0691. The molecule has 0 aliphatic carbocycles. The Morgan fingerprint density at radius 3 is 2.56 bits per heavy atom. The highest BCUT2D eigenvalue weighted by atomic mass is 16.2. The van der Waals surface area contributed by atoms with E-state index < -0.39 is 0 Å². The van der Waals surface area contributed by atoms with E-state index in [1.807, 2.05) is 11.8 Å². The number of likely N-dealkylation sites (tertiary alicyclic amines) is 1. The lowest BCUT2D eigenvalue weighted by Gasteiger charge is -2.30. The molecule has 6 nitrogen and oxygen atoms in total. The summed E-state index contributed by atoms with van der Waals surface area (Å²) in [5.74, 6) is 1.02. The van der Waals surface area contributed by atoms with Crippen LogP contribution in [0.4, 0.5) is 11.6 Å². The smallest absolute Gasteiger partial charge is 0.272 e. The van der Waals surface area contributed by atoms with E-state index in [9.17, 15) is 4.79 Å². The van der Waals surface area contributed by atoms with Gasteiger partial charge in [-0.25, -0.2) is 9.97 Å². The number of carbonyl (C=O) groups is 1. The van der Waals surface area contributed by atoms with E-state index in [4.69, 9.17) is 5.26 Å². The summed E-state index contributed by atoms with van der Waals surface area (Å²) >= 11 is 0. The lowest BCUT2D eigenvalue weighted by atomic mass is 9.99. The molecule has 0 unspecified atom stereocenters. The minimum absolute atomic E-state index is 0.0414. The topological polar surface area (TPSA) is 81.9 Å². The number of nitriles is 1. The summed E-state index contributed by atoms with van der Waals surface area (Å²) in [5, 5.41) is 12.0. The van der Waals surface area contributed by atoms with Crippen LogP contribution in [0.2, 0.25) is 0 Å². The molecule has 0 atom stereocenters. The molecule has 1 fully saturated rings. The van der Waals surface area contributed by atoms with Gasteiger partial charge < -0.3 is 10.2 Å².